The van der Waals surface area contributed by atoms with Gasteiger partial charge in [0, 0.05) is 22.0 Å². The Balaban J connectivity index is 1.68. The standard InChI is InChI=1S/C21H21ClN4OS/c22-14-7-5-12(6-8-14)15-10-28-21-18(15)20(24-11-25-21)26-16-4-2-1-3-13(16)9-17(26)19(23)27/h5-8,10-11,13,16-17H,1-4,9H2,(H2,23,27)/t13-,16+,17+/m1/s1. The van der Waals surface area contributed by atoms with Crippen LogP contribution in [0.1, 0.15) is 32.1 Å². The molecule has 1 aliphatic heterocycles. The van der Waals surface area contributed by atoms with Gasteiger partial charge in [0.15, 0.2) is 0 Å². The third-order valence-corrected chi connectivity index (χ3v) is 7.30. The number of hydrogen-bond donors (Lipinski definition) is 1. The highest BCUT2D eigenvalue weighted by Crippen LogP contribution is 2.46. The Kier molecular flexibility index (Phi) is 4.48. The van der Waals surface area contributed by atoms with Crippen LogP contribution in [-0.4, -0.2) is 28.0 Å². The number of carbonyl (C=O) groups excluding carboxylic acids is 1. The van der Waals surface area contributed by atoms with Crippen molar-refractivity contribution in [3.05, 3.63) is 41.0 Å². The number of benzene rings is 1. The molecule has 1 aromatic carbocycles. The van der Waals surface area contributed by atoms with E-state index in [2.05, 4.69) is 20.2 Å². The minimum atomic E-state index is -0.302. The lowest BCUT2D eigenvalue weighted by Crippen LogP contribution is -2.45. The van der Waals surface area contributed by atoms with Crippen LogP contribution in [-0.2, 0) is 4.79 Å². The Morgan fingerprint density at radius 1 is 1.18 bits per heavy atom. The molecule has 5 nitrogen and oxygen atoms in total. The molecule has 0 unspecified atom stereocenters. The molecule has 3 atom stereocenters. The van der Waals surface area contributed by atoms with Gasteiger partial charge in [0.1, 0.15) is 23.0 Å². The lowest BCUT2D eigenvalue weighted by Gasteiger charge is -2.34. The van der Waals surface area contributed by atoms with Crippen LogP contribution in [0.3, 0.4) is 0 Å². The molecule has 1 saturated carbocycles. The van der Waals surface area contributed by atoms with Crippen molar-refractivity contribution in [2.45, 2.75) is 44.2 Å². The SMILES string of the molecule is NC(=O)[C@@H]1C[C@H]2CCCC[C@@H]2N1c1ncnc2scc(-c3ccc(Cl)cc3)c12. The number of carbonyl (C=O) groups is 1. The van der Waals surface area contributed by atoms with Gasteiger partial charge in [-0.1, -0.05) is 36.6 Å². The van der Waals surface area contributed by atoms with E-state index >= 15 is 0 Å². The van der Waals surface area contributed by atoms with Gasteiger partial charge in [-0.3, -0.25) is 4.79 Å². The van der Waals surface area contributed by atoms with Crippen molar-refractivity contribution in [1.29, 1.82) is 0 Å². The molecule has 28 heavy (non-hydrogen) atoms. The van der Waals surface area contributed by atoms with Crippen LogP contribution in [0, 0.1) is 5.92 Å². The number of thiophene rings is 1. The summed E-state index contributed by atoms with van der Waals surface area (Å²) < 4.78 is 0. The molecule has 1 amide bonds. The van der Waals surface area contributed by atoms with Crippen molar-refractivity contribution in [3.8, 4) is 11.1 Å². The number of nitrogens with zero attached hydrogens (tertiary/aromatic N) is 3. The summed E-state index contributed by atoms with van der Waals surface area (Å²) in [5.74, 6) is 1.09. The van der Waals surface area contributed by atoms with Gasteiger partial charge in [0.2, 0.25) is 5.91 Å². The van der Waals surface area contributed by atoms with Gasteiger partial charge in [0.05, 0.1) is 5.39 Å². The predicted molar refractivity (Wildman–Crippen MR) is 114 cm³/mol. The molecule has 1 saturated heterocycles. The first-order valence-electron chi connectivity index (χ1n) is 9.69. The zero-order valence-electron chi connectivity index (χ0n) is 15.3. The third kappa shape index (κ3) is 2.86. The monoisotopic (exact) mass is 412 g/mol. The smallest absolute Gasteiger partial charge is 0.240 e. The summed E-state index contributed by atoms with van der Waals surface area (Å²) in [5.41, 5.74) is 7.98. The van der Waals surface area contributed by atoms with E-state index in [0.29, 0.717) is 17.0 Å². The van der Waals surface area contributed by atoms with Crippen molar-refractivity contribution < 1.29 is 4.79 Å². The Labute approximate surface area is 172 Å². The second-order valence-electron chi connectivity index (χ2n) is 7.71. The molecule has 2 N–H and O–H groups in total. The maximum Gasteiger partial charge on any atom is 0.240 e. The fraction of sp³-hybridized carbons (Fsp3) is 0.381. The molecule has 0 radical (unpaired) electrons. The van der Waals surface area contributed by atoms with E-state index < -0.39 is 0 Å². The van der Waals surface area contributed by atoms with E-state index in [4.69, 9.17) is 17.3 Å². The van der Waals surface area contributed by atoms with Gasteiger partial charge in [-0.05, 0) is 42.9 Å². The second kappa shape index (κ2) is 7.01. The van der Waals surface area contributed by atoms with Gasteiger partial charge in [0.25, 0.3) is 0 Å². The van der Waals surface area contributed by atoms with Crippen molar-refractivity contribution in [2.75, 3.05) is 4.90 Å². The molecule has 0 bridgehead atoms. The first-order chi connectivity index (χ1) is 13.6. The number of anilines is 1. The highest BCUT2D eigenvalue weighted by Gasteiger charge is 2.45. The first-order valence-corrected chi connectivity index (χ1v) is 10.9. The first kappa shape index (κ1) is 17.9. The molecule has 1 aliphatic carbocycles. The van der Waals surface area contributed by atoms with E-state index in [0.717, 1.165) is 46.4 Å². The largest absolute Gasteiger partial charge is 0.368 e. The highest BCUT2D eigenvalue weighted by molar-refractivity contribution is 7.17. The number of halogens is 1. The van der Waals surface area contributed by atoms with Crippen molar-refractivity contribution in [2.24, 2.45) is 11.7 Å². The maximum atomic E-state index is 12.3. The van der Waals surface area contributed by atoms with E-state index in [-0.39, 0.29) is 11.9 Å². The maximum absolute atomic E-state index is 12.3. The van der Waals surface area contributed by atoms with Crippen LogP contribution in [0.4, 0.5) is 5.82 Å². The van der Waals surface area contributed by atoms with Crippen LogP contribution in [0.5, 0.6) is 0 Å². The highest BCUT2D eigenvalue weighted by atomic mass is 35.5. The van der Waals surface area contributed by atoms with Gasteiger partial charge in [-0.25, -0.2) is 9.97 Å². The van der Waals surface area contributed by atoms with E-state index in [1.54, 1.807) is 17.7 Å². The fourth-order valence-electron chi connectivity index (χ4n) is 4.92. The van der Waals surface area contributed by atoms with Crippen LogP contribution in [0.2, 0.25) is 5.02 Å². The summed E-state index contributed by atoms with van der Waals surface area (Å²) in [6.45, 7) is 0. The summed E-state index contributed by atoms with van der Waals surface area (Å²) in [5, 5.41) is 3.82. The average molecular weight is 413 g/mol. The minimum absolute atomic E-state index is 0.260. The average Bonchev–Trinajstić information content (AvgIpc) is 3.30. The summed E-state index contributed by atoms with van der Waals surface area (Å²) in [4.78, 5) is 24.6. The Bertz CT molecular complexity index is 1030. The predicted octanol–water partition coefficient (Wildman–Crippen LogP) is 4.63. The van der Waals surface area contributed by atoms with Crippen LogP contribution in [0.15, 0.2) is 36.0 Å². The lowest BCUT2D eigenvalue weighted by atomic mass is 9.84. The van der Waals surface area contributed by atoms with Crippen molar-refractivity contribution in [3.63, 3.8) is 0 Å². The number of hydrogen-bond acceptors (Lipinski definition) is 5. The zero-order valence-corrected chi connectivity index (χ0v) is 16.9. The fourth-order valence-corrected chi connectivity index (χ4v) is 5.95. The van der Waals surface area contributed by atoms with Crippen molar-refractivity contribution in [1.82, 2.24) is 9.97 Å². The molecule has 2 fully saturated rings. The normalized spacial score (nSPS) is 24.5. The number of fused-ring (bicyclic) bond motifs is 2. The molecular weight excluding hydrogens is 392 g/mol. The Morgan fingerprint density at radius 3 is 2.75 bits per heavy atom. The molecule has 5 rings (SSSR count). The number of aromatic nitrogens is 2. The number of amides is 1. The third-order valence-electron chi connectivity index (χ3n) is 6.17. The Hall–Kier alpha value is -2.18. The minimum Gasteiger partial charge on any atom is -0.368 e. The van der Waals surface area contributed by atoms with Crippen LogP contribution >= 0.6 is 22.9 Å². The van der Waals surface area contributed by atoms with Crippen molar-refractivity contribution >= 4 is 44.9 Å². The van der Waals surface area contributed by atoms with E-state index in [9.17, 15) is 4.79 Å². The van der Waals surface area contributed by atoms with E-state index in [1.807, 2.05) is 24.3 Å². The number of nitrogens with two attached hydrogens (primary N) is 1. The summed E-state index contributed by atoms with van der Waals surface area (Å²) >= 11 is 7.67. The second-order valence-corrected chi connectivity index (χ2v) is 9.00. The quantitative estimate of drug-likeness (QED) is 0.680. The molecule has 7 heteroatoms. The Morgan fingerprint density at radius 2 is 1.96 bits per heavy atom. The lowest BCUT2D eigenvalue weighted by molar-refractivity contribution is -0.119. The van der Waals surface area contributed by atoms with Gasteiger partial charge < -0.3 is 10.6 Å². The molecule has 2 aromatic heterocycles. The van der Waals surface area contributed by atoms with Gasteiger partial charge in [-0.2, -0.15) is 0 Å². The number of rotatable bonds is 3. The number of primary amides is 1. The summed E-state index contributed by atoms with van der Waals surface area (Å²) in [7, 11) is 0. The van der Waals surface area contributed by atoms with Crippen LogP contribution in [0.25, 0.3) is 21.3 Å². The topological polar surface area (TPSA) is 72.1 Å². The molecule has 0 spiro atoms. The van der Waals surface area contributed by atoms with Gasteiger partial charge >= 0.3 is 0 Å². The van der Waals surface area contributed by atoms with Crippen LogP contribution < -0.4 is 10.6 Å². The molecular formula is C21H21ClN4OS. The zero-order chi connectivity index (χ0) is 19.3. The summed E-state index contributed by atoms with van der Waals surface area (Å²) in [6, 6.07) is 7.83. The molecule has 144 valence electrons. The van der Waals surface area contributed by atoms with E-state index in [1.165, 1.54) is 12.8 Å². The molecule has 3 aromatic rings. The molecule has 2 aliphatic rings. The summed E-state index contributed by atoms with van der Waals surface area (Å²) in [6.07, 6.45) is 7.09. The van der Waals surface area contributed by atoms with Gasteiger partial charge in [-0.15, -0.1) is 11.3 Å². The molecule has 3 heterocycles.